The van der Waals surface area contributed by atoms with Gasteiger partial charge in [0.05, 0.1) is 6.10 Å². The summed E-state index contributed by atoms with van der Waals surface area (Å²) in [4.78, 5) is 29.5. The smallest absolute Gasteiger partial charge is 0.410 e. The zero-order valence-electron chi connectivity index (χ0n) is 25.1. The summed E-state index contributed by atoms with van der Waals surface area (Å²) in [5.41, 5.74) is 0.858. The standard InChI is InChI=1S/C33H54N2O4/c1-21(5-12-30(37)35-18-17-34(20-22(35)2)31(38)39-25-7-8-25)27-10-11-28-26-9-6-23-19-24(36)13-15-32(23,3)29(26)14-16-33(27,28)4/h21-29,36H,5-20H2,1-4H3/t21-,22+,23+,24+,26+,27-,28+,29+,32+,33-/m1/s1. The maximum absolute atomic E-state index is 13.3. The van der Waals surface area contributed by atoms with E-state index in [0.29, 0.717) is 42.8 Å². The molecule has 0 aromatic heterocycles. The number of fused-ring (bicyclic) bond motifs is 5. The van der Waals surface area contributed by atoms with Gasteiger partial charge in [-0.15, -0.1) is 0 Å². The second-order valence-corrected chi connectivity index (χ2v) is 15.3. The summed E-state index contributed by atoms with van der Waals surface area (Å²) in [6, 6.07) is 0.0503. The first kappa shape index (κ1) is 27.8. The van der Waals surface area contributed by atoms with Crippen molar-refractivity contribution in [3.8, 4) is 0 Å². The van der Waals surface area contributed by atoms with Crippen LogP contribution in [0.5, 0.6) is 0 Å². The maximum Gasteiger partial charge on any atom is 0.410 e. The number of aliphatic hydroxyl groups excluding tert-OH is 1. The summed E-state index contributed by atoms with van der Waals surface area (Å²) in [7, 11) is 0. The monoisotopic (exact) mass is 542 g/mol. The molecule has 6 aliphatic rings. The van der Waals surface area contributed by atoms with E-state index in [0.717, 1.165) is 61.7 Å². The zero-order valence-corrected chi connectivity index (χ0v) is 25.1. The highest BCUT2D eigenvalue weighted by Crippen LogP contribution is 2.68. The van der Waals surface area contributed by atoms with Crippen LogP contribution in [0, 0.1) is 46.3 Å². The van der Waals surface area contributed by atoms with Gasteiger partial charge in [0, 0.05) is 32.1 Å². The van der Waals surface area contributed by atoms with E-state index in [1.807, 2.05) is 4.90 Å². The Labute approximate surface area is 236 Å². The number of piperazine rings is 1. The van der Waals surface area contributed by atoms with Crippen LogP contribution in [0.15, 0.2) is 0 Å². The molecule has 220 valence electrons. The number of rotatable bonds is 5. The number of amides is 2. The van der Waals surface area contributed by atoms with Crippen LogP contribution in [0.3, 0.4) is 0 Å². The minimum absolute atomic E-state index is 0.0503. The van der Waals surface area contributed by atoms with Gasteiger partial charge in [-0.2, -0.15) is 0 Å². The van der Waals surface area contributed by atoms with Gasteiger partial charge in [0.15, 0.2) is 0 Å². The molecular formula is C33H54N2O4. The summed E-state index contributed by atoms with van der Waals surface area (Å²) in [5.74, 6) is 4.83. The SMILES string of the molecule is C[C@H](CCC(=O)N1CCN(C(=O)OC2CC2)C[C@@H]1C)[C@H]1CC[C@H]2[C@@H]3CC[C@H]4C[C@@H](O)CC[C@]4(C)[C@H]3CC[C@]12C. The van der Waals surface area contributed by atoms with E-state index in [1.54, 1.807) is 4.90 Å². The molecule has 5 saturated carbocycles. The van der Waals surface area contributed by atoms with E-state index in [-0.39, 0.29) is 30.3 Å². The molecule has 0 unspecified atom stereocenters. The molecule has 0 bridgehead atoms. The van der Waals surface area contributed by atoms with Gasteiger partial charge < -0.3 is 19.6 Å². The highest BCUT2D eigenvalue weighted by atomic mass is 16.6. The summed E-state index contributed by atoms with van der Waals surface area (Å²) in [6.45, 7) is 11.5. The van der Waals surface area contributed by atoms with Crippen LogP contribution in [0.2, 0.25) is 0 Å². The first-order valence-corrected chi connectivity index (χ1v) is 16.5. The lowest BCUT2D eigenvalue weighted by atomic mass is 9.44. The van der Waals surface area contributed by atoms with E-state index in [4.69, 9.17) is 4.74 Å². The molecule has 6 heteroatoms. The molecule has 6 nitrogen and oxygen atoms in total. The van der Waals surface area contributed by atoms with E-state index in [2.05, 4.69) is 27.7 Å². The van der Waals surface area contributed by atoms with E-state index in [9.17, 15) is 14.7 Å². The van der Waals surface area contributed by atoms with Crippen molar-refractivity contribution < 1.29 is 19.4 Å². The van der Waals surface area contributed by atoms with Gasteiger partial charge in [0.25, 0.3) is 0 Å². The summed E-state index contributed by atoms with van der Waals surface area (Å²) < 4.78 is 5.48. The van der Waals surface area contributed by atoms with Crippen LogP contribution >= 0.6 is 0 Å². The van der Waals surface area contributed by atoms with Crippen molar-refractivity contribution in [1.29, 1.82) is 0 Å². The van der Waals surface area contributed by atoms with Gasteiger partial charge in [-0.25, -0.2) is 4.79 Å². The molecule has 6 fully saturated rings. The quantitative estimate of drug-likeness (QED) is 0.446. The summed E-state index contributed by atoms with van der Waals surface area (Å²) >= 11 is 0. The Bertz CT molecular complexity index is 937. The lowest BCUT2D eigenvalue weighted by Crippen LogP contribution is -2.55. The Morgan fingerprint density at radius 3 is 2.44 bits per heavy atom. The molecule has 5 aliphatic carbocycles. The Morgan fingerprint density at radius 2 is 1.69 bits per heavy atom. The van der Waals surface area contributed by atoms with Crippen molar-refractivity contribution in [3.63, 3.8) is 0 Å². The fraction of sp³-hybridized carbons (Fsp3) is 0.939. The van der Waals surface area contributed by atoms with Gasteiger partial charge in [-0.3, -0.25) is 4.79 Å². The summed E-state index contributed by atoms with van der Waals surface area (Å²) in [6.07, 6.45) is 14.8. The number of hydrogen-bond acceptors (Lipinski definition) is 4. The number of ether oxygens (including phenoxy) is 1. The van der Waals surface area contributed by atoms with Crippen molar-refractivity contribution in [2.45, 2.75) is 129 Å². The Kier molecular flexibility index (Phi) is 7.51. The van der Waals surface area contributed by atoms with Gasteiger partial charge >= 0.3 is 6.09 Å². The van der Waals surface area contributed by atoms with E-state index in [1.165, 1.54) is 44.9 Å². The molecular weight excluding hydrogens is 488 g/mol. The molecule has 1 N–H and O–H groups in total. The highest BCUT2D eigenvalue weighted by molar-refractivity contribution is 5.77. The van der Waals surface area contributed by atoms with Crippen molar-refractivity contribution in [2.75, 3.05) is 19.6 Å². The molecule has 39 heavy (non-hydrogen) atoms. The lowest BCUT2D eigenvalue weighted by molar-refractivity contribution is -0.136. The van der Waals surface area contributed by atoms with Crippen molar-refractivity contribution in [2.24, 2.45) is 46.3 Å². The average molecular weight is 543 g/mol. The van der Waals surface area contributed by atoms with Crippen molar-refractivity contribution in [1.82, 2.24) is 9.80 Å². The molecule has 6 rings (SSSR count). The number of carbonyl (C=O) groups excluding carboxylic acids is 2. The van der Waals surface area contributed by atoms with Crippen LogP contribution in [-0.4, -0.2) is 64.8 Å². The Morgan fingerprint density at radius 1 is 0.949 bits per heavy atom. The molecule has 0 aromatic rings. The minimum atomic E-state index is -0.201. The van der Waals surface area contributed by atoms with Crippen LogP contribution in [0.1, 0.15) is 111 Å². The van der Waals surface area contributed by atoms with Gasteiger partial charge in [0.2, 0.25) is 5.91 Å². The Hall–Kier alpha value is -1.30. The van der Waals surface area contributed by atoms with Gasteiger partial charge in [-0.05, 0) is 130 Å². The lowest BCUT2D eigenvalue weighted by Gasteiger charge is -2.61. The van der Waals surface area contributed by atoms with Crippen molar-refractivity contribution in [3.05, 3.63) is 0 Å². The molecule has 0 radical (unpaired) electrons. The third kappa shape index (κ3) is 5.03. The molecule has 0 spiro atoms. The highest BCUT2D eigenvalue weighted by Gasteiger charge is 2.60. The molecule has 0 aromatic carbocycles. The van der Waals surface area contributed by atoms with Crippen molar-refractivity contribution >= 4 is 12.0 Å². The van der Waals surface area contributed by atoms with E-state index >= 15 is 0 Å². The first-order chi connectivity index (χ1) is 18.6. The van der Waals surface area contributed by atoms with E-state index < -0.39 is 0 Å². The third-order valence-corrected chi connectivity index (χ3v) is 13.2. The largest absolute Gasteiger partial charge is 0.446 e. The second-order valence-electron chi connectivity index (χ2n) is 15.3. The molecule has 1 saturated heterocycles. The average Bonchev–Trinajstić information content (AvgIpc) is 3.65. The van der Waals surface area contributed by atoms with Crippen LogP contribution in [-0.2, 0) is 9.53 Å². The van der Waals surface area contributed by atoms with Crippen LogP contribution in [0.4, 0.5) is 4.79 Å². The van der Waals surface area contributed by atoms with Gasteiger partial charge in [0.1, 0.15) is 6.10 Å². The topological polar surface area (TPSA) is 70.1 Å². The first-order valence-electron chi connectivity index (χ1n) is 16.5. The number of carbonyl (C=O) groups is 2. The molecule has 1 heterocycles. The van der Waals surface area contributed by atoms with Crippen LogP contribution in [0.25, 0.3) is 0 Å². The predicted octanol–water partition coefficient (Wildman–Crippen LogP) is 6.25. The summed E-state index contributed by atoms with van der Waals surface area (Å²) in [5, 5.41) is 10.3. The Balaban J connectivity index is 1.03. The fourth-order valence-electron chi connectivity index (χ4n) is 10.8. The number of nitrogens with zero attached hydrogens (tertiary/aromatic N) is 2. The second kappa shape index (κ2) is 10.5. The molecule has 2 amide bonds. The maximum atomic E-state index is 13.3. The van der Waals surface area contributed by atoms with Gasteiger partial charge in [-0.1, -0.05) is 20.8 Å². The minimum Gasteiger partial charge on any atom is -0.446 e. The number of hydrogen-bond donors (Lipinski definition) is 1. The molecule has 1 aliphatic heterocycles. The predicted molar refractivity (Wildman–Crippen MR) is 152 cm³/mol. The third-order valence-electron chi connectivity index (χ3n) is 13.2. The zero-order chi connectivity index (χ0) is 27.5. The molecule has 10 atom stereocenters. The normalized spacial score (nSPS) is 44.7. The van der Waals surface area contributed by atoms with Crippen LogP contribution < -0.4 is 0 Å². The number of aliphatic hydroxyl groups is 1. The fourth-order valence-corrected chi connectivity index (χ4v) is 10.8.